The average molecular weight is 998 g/mol. The van der Waals surface area contributed by atoms with Crippen molar-refractivity contribution < 1.29 is 81.2 Å². The molecule has 0 spiro atoms. The minimum atomic E-state index is -1.34. The summed E-state index contributed by atoms with van der Waals surface area (Å²) in [4.78, 5) is 75.8. The molecule has 2 aromatic rings. The summed E-state index contributed by atoms with van der Waals surface area (Å²) < 4.78 is 59.0. The van der Waals surface area contributed by atoms with Crippen molar-refractivity contribution in [2.75, 3.05) is 25.1 Å². The number of aliphatic hydroxyl groups excluding tert-OH is 1. The third kappa shape index (κ3) is 10.5. The molecule has 4 aliphatic carbocycles. The number of benzene rings is 2. The summed E-state index contributed by atoms with van der Waals surface area (Å²) in [7, 11) is 0. The number of esters is 3. The molecule has 6 aliphatic rings. The molecular formula is C54H63NO17. The maximum absolute atomic E-state index is 14.7. The van der Waals surface area contributed by atoms with Gasteiger partial charge in [0.25, 0.3) is 0 Å². The van der Waals surface area contributed by atoms with Gasteiger partial charge in [0.05, 0.1) is 18.3 Å². The van der Waals surface area contributed by atoms with Crippen molar-refractivity contribution in [3.05, 3.63) is 71.8 Å². The molecule has 386 valence electrons. The number of aliphatic hydroxyl groups is 1. The smallest absolute Gasteiger partial charge is 0.411 e. The van der Waals surface area contributed by atoms with Gasteiger partial charge in [0, 0.05) is 61.3 Å². The van der Waals surface area contributed by atoms with Gasteiger partial charge < -0.3 is 52.5 Å². The molecule has 18 heteroatoms. The lowest BCUT2D eigenvalue weighted by molar-refractivity contribution is -0.254. The summed E-state index contributed by atoms with van der Waals surface area (Å²) in [5.41, 5.74) is -0.704. The molecule has 5 fully saturated rings. The van der Waals surface area contributed by atoms with Crippen LogP contribution >= 0.6 is 0 Å². The first-order chi connectivity index (χ1) is 34.4. The van der Waals surface area contributed by atoms with Crippen LogP contribution < -0.4 is 19.5 Å². The molecule has 3 saturated carbocycles. The van der Waals surface area contributed by atoms with Crippen LogP contribution in [0.5, 0.6) is 17.2 Å². The molecule has 3 unspecified atom stereocenters. The minimum Gasteiger partial charge on any atom is -0.486 e. The molecule has 72 heavy (non-hydrogen) atoms. The first-order valence-corrected chi connectivity index (χ1v) is 24.5. The van der Waals surface area contributed by atoms with E-state index in [1.807, 2.05) is 13.0 Å². The Labute approximate surface area is 418 Å². The average Bonchev–Trinajstić information content (AvgIpc) is 3.81. The van der Waals surface area contributed by atoms with E-state index in [0.29, 0.717) is 36.3 Å². The van der Waals surface area contributed by atoms with E-state index in [1.165, 1.54) is 32.9 Å². The van der Waals surface area contributed by atoms with Crippen molar-refractivity contribution in [2.45, 2.75) is 142 Å². The van der Waals surface area contributed by atoms with E-state index in [-0.39, 0.29) is 73.7 Å². The Morgan fingerprint density at radius 2 is 1.68 bits per heavy atom. The Morgan fingerprint density at radius 3 is 2.39 bits per heavy atom. The highest BCUT2D eigenvalue weighted by molar-refractivity contribution is 6.01. The summed E-state index contributed by atoms with van der Waals surface area (Å²) in [5, 5.41) is 14.7. The van der Waals surface area contributed by atoms with Gasteiger partial charge in [0.2, 0.25) is 18.2 Å². The second-order valence-electron chi connectivity index (χ2n) is 19.8. The maximum atomic E-state index is 14.7. The predicted octanol–water partition coefficient (Wildman–Crippen LogP) is 6.48. The number of amides is 1. The number of ketones is 2. The number of rotatable bonds is 17. The number of hydrogen-bond donors (Lipinski definition) is 2. The molecule has 0 radical (unpaired) electrons. The first-order valence-electron chi connectivity index (χ1n) is 24.5. The van der Waals surface area contributed by atoms with Crippen molar-refractivity contribution in [1.29, 1.82) is 0 Å². The van der Waals surface area contributed by atoms with E-state index in [2.05, 4.69) is 25.1 Å². The number of nitrogens with one attached hydrogen (secondary N) is 1. The fourth-order valence-electron chi connectivity index (χ4n) is 12.3. The molecule has 2 N–H and O–H groups in total. The van der Waals surface area contributed by atoms with Gasteiger partial charge in [-0.3, -0.25) is 29.3 Å². The molecule has 18 nitrogen and oxygen atoms in total. The topological polar surface area (TPSA) is 227 Å². The quantitative estimate of drug-likeness (QED) is 0.0981. The van der Waals surface area contributed by atoms with Gasteiger partial charge in [-0.1, -0.05) is 44.8 Å². The number of fused-ring (bicyclic) bond motifs is 7. The molecule has 8 rings (SSSR count). The zero-order chi connectivity index (χ0) is 51.5. The highest BCUT2D eigenvalue weighted by atomic mass is 16.7. The number of carbonyl (C=O) groups excluding carboxylic acids is 6. The van der Waals surface area contributed by atoms with Crippen molar-refractivity contribution in [3.8, 4) is 29.6 Å². The van der Waals surface area contributed by atoms with Gasteiger partial charge in [-0.15, -0.1) is 6.42 Å². The molecule has 2 aromatic carbocycles. The normalized spacial score (nSPS) is 33.0. The van der Waals surface area contributed by atoms with Crippen molar-refractivity contribution in [2.24, 2.45) is 28.6 Å². The van der Waals surface area contributed by atoms with Gasteiger partial charge in [0.1, 0.15) is 49.8 Å². The molecule has 0 aromatic heterocycles. The monoisotopic (exact) mass is 997 g/mol. The molecule has 2 heterocycles. The van der Waals surface area contributed by atoms with E-state index in [1.54, 1.807) is 42.5 Å². The number of allylic oxidation sites excluding steroid dienone is 4. The summed E-state index contributed by atoms with van der Waals surface area (Å²) in [6.07, 6.45) is 7.82. The maximum Gasteiger partial charge on any atom is 0.411 e. The van der Waals surface area contributed by atoms with Crippen LogP contribution in [0.1, 0.15) is 92.1 Å². The van der Waals surface area contributed by atoms with Crippen LogP contribution in [0.2, 0.25) is 0 Å². The first kappa shape index (κ1) is 52.1. The van der Waals surface area contributed by atoms with E-state index < -0.39 is 83.5 Å². The van der Waals surface area contributed by atoms with Crippen molar-refractivity contribution in [3.63, 3.8) is 0 Å². The molecule has 2 aliphatic heterocycles. The van der Waals surface area contributed by atoms with E-state index in [4.69, 9.17) is 53.8 Å². The van der Waals surface area contributed by atoms with E-state index in [0.717, 1.165) is 24.8 Å². The van der Waals surface area contributed by atoms with E-state index >= 15 is 0 Å². The largest absolute Gasteiger partial charge is 0.486 e. The van der Waals surface area contributed by atoms with Crippen LogP contribution in [0.15, 0.2) is 66.3 Å². The number of anilines is 1. The number of Topliss-reactive ketones (excluding diaryl/α,β-unsaturated/α-hetero) is 1. The minimum absolute atomic E-state index is 0.0244. The van der Waals surface area contributed by atoms with Gasteiger partial charge >= 0.3 is 24.0 Å². The summed E-state index contributed by atoms with van der Waals surface area (Å²) >= 11 is 0. The lowest BCUT2D eigenvalue weighted by Gasteiger charge is -2.59. The Hall–Kier alpha value is -6.26. The Morgan fingerprint density at radius 1 is 0.931 bits per heavy atom. The summed E-state index contributed by atoms with van der Waals surface area (Å²) in [6.45, 7) is 8.95. The van der Waals surface area contributed by atoms with E-state index in [9.17, 15) is 33.9 Å². The fourth-order valence-corrected chi connectivity index (χ4v) is 12.3. The summed E-state index contributed by atoms with van der Waals surface area (Å²) in [5.74, 6) is 0.956. The zero-order valence-corrected chi connectivity index (χ0v) is 41.4. The van der Waals surface area contributed by atoms with Crippen LogP contribution in [0.3, 0.4) is 0 Å². The predicted molar refractivity (Wildman–Crippen MR) is 254 cm³/mol. The zero-order valence-electron chi connectivity index (χ0n) is 41.4. The molecule has 0 bridgehead atoms. The van der Waals surface area contributed by atoms with Gasteiger partial charge in [-0.2, -0.15) is 0 Å². The van der Waals surface area contributed by atoms with Crippen molar-refractivity contribution in [1.82, 2.24) is 0 Å². The van der Waals surface area contributed by atoms with Crippen LogP contribution in [0.25, 0.3) is 0 Å². The van der Waals surface area contributed by atoms with Crippen LogP contribution in [0.4, 0.5) is 10.5 Å². The SMILES string of the molecule is C#CCOc1cc(O[C@@H]2O[C@H](COC(C)=O)CC(OC(C)=O)[C@H]2OC(C)=O)ccc1COC(=O)Nc1ccc(OCC(=O)[C@@]23OC(CCC)O[C@@H]2C[C@H]2[C@@H]4CCC5=CC(=O)C=CC5(C)[C@H]4[C@@H](O)C[C@@]23C)cc1. The molecule has 1 amide bonds. The molecule has 13 atom stereocenters. The molecule has 2 saturated heterocycles. The third-order valence-electron chi connectivity index (χ3n) is 15.2. The standard InChI is InChI=1S/C54H63NO17/c1-8-10-47-71-46-25-41-40-18-12-34-22-36(59)19-20-52(34,6)48(40)42(60)26-53(41,7)54(46,72-47)45(61)29-65-37-16-13-35(14-17-37)55-51(62)66-27-33-11-15-38(23-43(33)63-21-9-2)69-50-49(68-32(5)58)44(67-31(4)57)24-39(70-50)28-64-30(3)56/h2,11,13-17,19-20,22-23,39-42,44,46-50,60H,8,10,12,18,21,24-29H2,1,3-7H3,(H,55,62)/t39-,40-,41-,42-,44?,46+,47?,48+,49+,50+,52?,53-,54+/m0/s1. The Balaban J connectivity index is 0.898. The Kier molecular flexibility index (Phi) is 15.5. The van der Waals surface area contributed by atoms with Crippen LogP contribution in [0, 0.1) is 40.9 Å². The number of hydrogen-bond acceptors (Lipinski definition) is 17. The third-order valence-corrected chi connectivity index (χ3v) is 15.2. The number of carbonyl (C=O) groups is 6. The Bertz CT molecular complexity index is 2510. The van der Waals surface area contributed by atoms with Crippen LogP contribution in [-0.4, -0.2) is 109 Å². The second kappa shape index (κ2) is 21.4. The van der Waals surface area contributed by atoms with Crippen molar-refractivity contribution >= 4 is 41.3 Å². The second-order valence-corrected chi connectivity index (χ2v) is 19.8. The van der Waals surface area contributed by atoms with Gasteiger partial charge in [0.15, 0.2) is 17.7 Å². The summed E-state index contributed by atoms with van der Waals surface area (Å²) in [6, 6.07) is 11.0. The lowest BCUT2D eigenvalue weighted by Crippen LogP contribution is -2.63. The van der Waals surface area contributed by atoms with Crippen LogP contribution in [-0.2, 0) is 63.7 Å². The molecular weight excluding hydrogens is 935 g/mol. The fraction of sp³-hybridized carbons (Fsp3) is 0.556. The highest BCUT2D eigenvalue weighted by Gasteiger charge is 2.76. The number of terminal acetylenes is 1. The number of ether oxygens (including phenoxy) is 10. The highest BCUT2D eigenvalue weighted by Crippen LogP contribution is 2.69. The van der Waals surface area contributed by atoms with Gasteiger partial charge in [-0.05, 0) is 92.5 Å². The lowest BCUT2D eigenvalue weighted by atomic mass is 9.46. The van der Waals surface area contributed by atoms with Gasteiger partial charge in [-0.25, -0.2) is 4.79 Å².